The van der Waals surface area contributed by atoms with Crippen molar-refractivity contribution in [1.82, 2.24) is 0 Å². The molecule has 1 rings (SSSR count). The second-order valence-corrected chi connectivity index (χ2v) is 5.46. The van der Waals surface area contributed by atoms with Crippen LogP contribution in [0.2, 0.25) is 0 Å². The molecule has 1 aromatic carbocycles. The van der Waals surface area contributed by atoms with Crippen molar-refractivity contribution in [3.63, 3.8) is 0 Å². The van der Waals surface area contributed by atoms with E-state index in [1.165, 1.54) is 5.56 Å². The van der Waals surface area contributed by atoms with Gasteiger partial charge in [-0.2, -0.15) is 0 Å². The molecule has 0 aliphatic rings. The number of rotatable bonds is 5. The highest BCUT2D eigenvalue weighted by Crippen LogP contribution is 2.24. The highest BCUT2D eigenvalue weighted by atomic mass is 16.5. The van der Waals surface area contributed by atoms with E-state index in [1.54, 1.807) is 0 Å². The second-order valence-electron chi connectivity index (χ2n) is 5.46. The Morgan fingerprint density at radius 3 is 2.12 bits per heavy atom. The second kappa shape index (κ2) is 4.98. The Morgan fingerprint density at radius 2 is 1.62 bits per heavy atom. The fourth-order valence-corrected chi connectivity index (χ4v) is 1.49. The molecular formula is C14H23NO. The fraction of sp³-hybridized carbons (Fsp3) is 0.571. The number of benzene rings is 1. The van der Waals surface area contributed by atoms with Crippen LogP contribution >= 0.6 is 0 Å². The maximum atomic E-state index is 5.92. The largest absolute Gasteiger partial charge is 0.371 e. The van der Waals surface area contributed by atoms with Crippen LogP contribution in [0.25, 0.3) is 0 Å². The Hall–Kier alpha value is -0.860. The van der Waals surface area contributed by atoms with Crippen molar-refractivity contribution in [1.29, 1.82) is 0 Å². The third-order valence-electron chi connectivity index (χ3n) is 2.68. The van der Waals surface area contributed by atoms with Gasteiger partial charge in [0.05, 0.1) is 5.60 Å². The van der Waals surface area contributed by atoms with Gasteiger partial charge in [0.25, 0.3) is 0 Å². The lowest BCUT2D eigenvalue weighted by Gasteiger charge is -2.28. The smallest absolute Gasteiger partial charge is 0.0875 e. The van der Waals surface area contributed by atoms with Crippen molar-refractivity contribution in [3.8, 4) is 0 Å². The standard InChI is InChI=1S/C14H23NO/c1-13(2,15)10-11-16-14(3,4)12-8-6-5-7-9-12/h5-9H,10-11,15H2,1-4H3. The van der Waals surface area contributed by atoms with E-state index in [2.05, 4.69) is 26.0 Å². The van der Waals surface area contributed by atoms with E-state index < -0.39 is 0 Å². The minimum absolute atomic E-state index is 0.160. The summed E-state index contributed by atoms with van der Waals surface area (Å²) in [5, 5.41) is 0. The first-order valence-electron chi connectivity index (χ1n) is 5.80. The molecule has 0 bridgehead atoms. The van der Waals surface area contributed by atoms with E-state index in [9.17, 15) is 0 Å². The molecule has 0 spiro atoms. The highest BCUT2D eigenvalue weighted by molar-refractivity contribution is 5.20. The lowest BCUT2D eigenvalue weighted by molar-refractivity contribution is -0.0276. The average molecular weight is 221 g/mol. The molecule has 0 unspecified atom stereocenters. The van der Waals surface area contributed by atoms with Crippen molar-refractivity contribution in [2.45, 2.75) is 45.3 Å². The fourth-order valence-electron chi connectivity index (χ4n) is 1.49. The van der Waals surface area contributed by atoms with Crippen molar-refractivity contribution in [2.75, 3.05) is 6.61 Å². The summed E-state index contributed by atoms with van der Waals surface area (Å²) in [5.41, 5.74) is 6.72. The molecule has 2 N–H and O–H groups in total. The van der Waals surface area contributed by atoms with E-state index in [0.717, 1.165) is 6.42 Å². The van der Waals surface area contributed by atoms with Crippen LogP contribution in [0, 0.1) is 0 Å². The van der Waals surface area contributed by atoms with Crippen molar-refractivity contribution in [3.05, 3.63) is 35.9 Å². The zero-order valence-corrected chi connectivity index (χ0v) is 10.8. The SMILES string of the molecule is CC(C)(N)CCOC(C)(C)c1ccccc1. The number of hydrogen-bond donors (Lipinski definition) is 1. The van der Waals surface area contributed by atoms with Gasteiger partial charge in [-0.15, -0.1) is 0 Å². The van der Waals surface area contributed by atoms with Crippen LogP contribution < -0.4 is 5.73 Å². The maximum Gasteiger partial charge on any atom is 0.0875 e. The molecule has 0 saturated carbocycles. The number of ether oxygens (including phenoxy) is 1. The first-order chi connectivity index (χ1) is 7.31. The molecule has 0 atom stereocenters. The highest BCUT2D eigenvalue weighted by Gasteiger charge is 2.21. The molecule has 1 aromatic rings. The normalized spacial score (nSPS) is 12.8. The monoisotopic (exact) mass is 221 g/mol. The molecule has 0 fully saturated rings. The van der Waals surface area contributed by atoms with Crippen LogP contribution in [0.15, 0.2) is 30.3 Å². The van der Waals surface area contributed by atoms with Crippen LogP contribution in [-0.2, 0) is 10.3 Å². The summed E-state index contributed by atoms with van der Waals surface area (Å²) in [6.07, 6.45) is 0.864. The molecule has 90 valence electrons. The van der Waals surface area contributed by atoms with Crippen LogP contribution in [-0.4, -0.2) is 12.1 Å². The lowest BCUT2D eigenvalue weighted by atomic mass is 9.97. The molecular weight excluding hydrogens is 198 g/mol. The summed E-state index contributed by atoms with van der Waals surface area (Å²) in [7, 11) is 0. The Morgan fingerprint density at radius 1 is 1.06 bits per heavy atom. The van der Waals surface area contributed by atoms with Gasteiger partial charge < -0.3 is 10.5 Å². The minimum atomic E-state index is -0.244. The zero-order valence-electron chi connectivity index (χ0n) is 10.8. The first-order valence-corrected chi connectivity index (χ1v) is 5.80. The molecule has 0 radical (unpaired) electrons. The minimum Gasteiger partial charge on any atom is -0.371 e. The summed E-state index contributed by atoms with van der Waals surface area (Å²) in [6.45, 7) is 8.90. The lowest BCUT2D eigenvalue weighted by Crippen LogP contribution is -2.34. The molecule has 16 heavy (non-hydrogen) atoms. The Kier molecular flexibility index (Phi) is 4.11. The molecule has 2 nitrogen and oxygen atoms in total. The van der Waals surface area contributed by atoms with Gasteiger partial charge in [-0.1, -0.05) is 30.3 Å². The van der Waals surface area contributed by atoms with Gasteiger partial charge in [0.2, 0.25) is 0 Å². The van der Waals surface area contributed by atoms with Gasteiger partial charge in [0.15, 0.2) is 0 Å². The quantitative estimate of drug-likeness (QED) is 0.829. The van der Waals surface area contributed by atoms with E-state index in [4.69, 9.17) is 10.5 Å². The van der Waals surface area contributed by atoms with Crippen molar-refractivity contribution < 1.29 is 4.74 Å². The van der Waals surface area contributed by atoms with E-state index in [1.807, 2.05) is 32.0 Å². The summed E-state index contributed by atoms with van der Waals surface area (Å²) < 4.78 is 5.91. The summed E-state index contributed by atoms with van der Waals surface area (Å²) in [6, 6.07) is 10.3. The molecule has 0 aliphatic carbocycles. The van der Waals surface area contributed by atoms with E-state index in [0.29, 0.717) is 6.61 Å². The predicted octanol–water partition coefficient (Wildman–Crippen LogP) is 3.07. The number of hydrogen-bond acceptors (Lipinski definition) is 2. The summed E-state index contributed by atoms with van der Waals surface area (Å²) in [4.78, 5) is 0. The van der Waals surface area contributed by atoms with Crippen LogP contribution in [0.5, 0.6) is 0 Å². The Bertz CT molecular complexity index is 311. The van der Waals surface area contributed by atoms with Crippen molar-refractivity contribution >= 4 is 0 Å². The summed E-state index contributed by atoms with van der Waals surface area (Å²) >= 11 is 0. The van der Waals surface area contributed by atoms with E-state index in [-0.39, 0.29) is 11.1 Å². The Balaban J connectivity index is 2.53. The maximum absolute atomic E-state index is 5.92. The molecule has 2 heteroatoms. The molecule has 0 aliphatic heterocycles. The third kappa shape index (κ3) is 4.33. The van der Waals surface area contributed by atoms with E-state index >= 15 is 0 Å². The average Bonchev–Trinajstić information content (AvgIpc) is 2.17. The third-order valence-corrected chi connectivity index (χ3v) is 2.68. The molecule has 0 saturated heterocycles. The summed E-state index contributed by atoms with van der Waals surface area (Å²) in [5.74, 6) is 0. The van der Waals surface area contributed by atoms with Crippen LogP contribution in [0.1, 0.15) is 39.7 Å². The van der Waals surface area contributed by atoms with Gasteiger partial charge in [-0.3, -0.25) is 0 Å². The van der Waals surface area contributed by atoms with Gasteiger partial charge >= 0.3 is 0 Å². The number of nitrogens with two attached hydrogens (primary N) is 1. The van der Waals surface area contributed by atoms with Gasteiger partial charge in [-0.05, 0) is 39.7 Å². The first kappa shape index (κ1) is 13.2. The molecule has 0 heterocycles. The van der Waals surface area contributed by atoms with Crippen molar-refractivity contribution in [2.24, 2.45) is 5.73 Å². The van der Waals surface area contributed by atoms with Crippen LogP contribution in [0.3, 0.4) is 0 Å². The predicted molar refractivity (Wildman–Crippen MR) is 68.3 cm³/mol. The molecule has 0 aromatic heterocycles. The Labute approximate surface area is 98.8 Å². The van der Waals surface area contributed by atoms with Gasteiger partial charge in [-0.25, -0.2) is 0 Å². The zero-order chi connectivity index (χ0) is 12.2. The van der Waals surface area contributed by atoms with Gasteiger partial charge in [0, 0.05) is 12.1 Å². The van der Waals surface area contributed by atoms with Gasteiger partial charge in [0.1, 0.15) is 0 Å². The topological polar surface area (TPSA) is 35.2 Å². The van der Waals surface area contributed by atoms with Crippen LogP contribution in [0.4, 0.5) is 0 Å². The molecule has 0 amide bonds.